The lowest BCUT2D eigenvalue weighted by atomic mass is 10.4. The highest BCUT2D eigenvalue weighted by atomic mass is 16.2. The number of nitrogens with zero attached hydrogens (tertiary/aromatic N) is 2. The summed E-state index contributed by atoms with van der Waals surface area (Å²) >= 11 is 0. The summed E-state index contributed by atoms with van der Waals surface area (Å²) in [6.07, 6.45) is 2.35. The predicted octanol–water partition coefficient (Wildman–Crippen LogP) is 0.784. The van der Waals surface area contributed by atoms with Crippen molar-refractivity contribution in [3.63, 3.8) is 0 Å². The summed E-state index contributed by atoms with van der Waals surface area (Å²) in [6, 6.07) is 2.41. The Balaban J connectivity index is 1.88. The molecule has 1 fully saturated rings. The molecule has 0 aliphatic heterocycles. The topological polar surface area (TPSA) is 66.9 Å². The van der Waals surface area contributed by atoms with Gasteiger partial charge in [0.25, 0.3) is 0 Å². The van der Waals surface area contributed by atoms with Gasteiger partial charge < -0.3 is 5.32 Å². The third kappa shape index (κ3) is 3.27. The molecule has 0 spiro atoms. The van der Waals surface area contributed by atoms with Gasteiger partial charge in [0, 0.05) is 17.4 Å². The first-order valence-corrected chi connectivity index (χ1v) is 5.49. The van der Waals surface area contributed by atoms with Crippen LogP contribution in [-0.4, -0.2) is 28.5 Å². The van der Waals surface area contributed by atoms with E-state index in [1.54, 1.807) is 0 Å². The summed E-state index contributed by atoms with van der Waals surface area (Å²) in [5.74, 6) is 0.303. The molecule has 0 bridgehead atoms. The van der Waals surface area contributed by atoms with Gasteiger partial charge in [-0.25, -0.2) is 9.97 Å². The van der Waals surface area contributed by atoms with Crippen LogP contribution in [0.2, 0.25) is 0 Å². The van der Waals surface area contributed by atoms with Gasteiger partial charge in [-0.15, -0.1) is 0 Å². The van der Waals surface area contributed by atoms with Crippen molar-refractivity contribution in [3.05, 3.63) is 17.5 Å². The van der Waals surface area contributed by atoms with E-state index in [2.05, 4.69) is 20.6 Å². The molecule has 0 saturated heterocycles. The summed E-state index contributed by atoms with van der Waals surface area (Å²) in [5.41, 5.74) is 1.72. The Labute approximate surface area is 94.7 Å². The van der Waals surface area contributed by atoms with Gasteiger partial charge in [0.05, 0.1) is 6.54 Å². The molecule has 0 radical (unpaired) electrons. The van der Waals surface area contributed by atoms with E-state index in [9.17, 15) is 4.79 Å². The Bertz CT molecular complexity index is 381. The average Bonchev–Trinajstić information content (AvgIpc) is 2.96. The van der Waals surface area contributed by atoms with E-state index in [0.717, 1.165) is 11.4 Å². The maximum atomic E-state index is 11.5. The number of hydrogen-bond donors (Lipinski definition) is 2. The maximum absolute atomic E-state index is 11.5. The van der Waals surface area contributed by atoms with E-state index in [4.69, 9.17) is 0 Å². The number of carbonyl (C=O) groups is 1. The zero-order chi connectivity index (χ0) is 11.5. The van der Waals surface area contributed by atoms with Crippen LogP contribution in [-0.2, 0) is 4.79 Å². The second kappa shape index (κ2) is 4.57. The van der Waals surface area contributed by atoms with E-state index in [1.165, 1.54) is 12.8 Å². The lowest BCUT2D eigenvalue weighted by Crippen LogP contribution is -2.30. The second-order valence-corrected chi connectivity index (χ2v) is 4.18. The van der Waals surface area contributed by atoms with E-state index < -0.39 is 0 Å². The molecule has 2 rings (SSSR count). The minimum atomic E-state index is -0.0862. The summed E-state index contributed by atoms with van der Waals surface area (Å²) in [6.45, 7) is 4.10. The van der Waals surface area contributed by atoms with Crippen LogP contribution >= 0.6 is 0 Å². The number of amides is 1. The van der Waals surface area contributed by atoms with E-state index >= 15 is 0 Å². The molecular weight excluding hydrogens is 204 g/mol. The standard InChI is InChI=1S/C11H16N4O/c1-7-5-8(2)14-11(13-7)15-10(16)6-12-9-3-4-9/h5,9,12H,3-4,6H2,1-2H3,(H,13,14,15,16). The molecule has 0 unspecified atom stereocenters. The van der Waals surface area contributed by atoms with Crippen molar-refractivity contribution in [2.24, 2.45) is 0 Å². The summed E-state index contributed by atoms with van der Waals surface area (Å²) in [4.78, 5) is 19.8. The van der Waals surface area contributed by atoms with Crippen LogP contribution in [0.25, 0.3) is 0 Å². The number of rotatable bonds is 4. The molecule has 5 nitrogen and oxygen atoms in total. The number of nitrogens with one attached hydrogen (secondary N) is 2. The summed E-state index contributed by atoms with van der Waals surface area (Å²) < 4.78 is 0. The van der Waals surface area contributed by atoms with E-state index in [0.29, 0.717) is 18.5 Å². The predicted molar refractivity (Wildman–Crippen MR) is 61.2 cm³/mol. The fourth-order valence-electron chi connectivity index (χ4n) is 1.48. The van der Waals surface area contributed by atoms with Gasteiger partial charge in [-0.2, -0.15) is 0 Å². The molecule has 16 heavy (non-hydrogen) atoms. The van der Waals surface area contributed by atoms with Gasteiger partial charge in [-0.1, -0.05) is 0 Å². The van der Waals surface area contributed by atoms with Gasteiger partial charge in [0.1, 0.15) is 0 Å². The highest BCUT2D eigenvalue weighted by molar-refractivity contribution is 5.90. The number of aryl methyl sites for hydroxylation is 2. The Morgan fingerprint density at radius 3 is 2.56 bits per heavy atom. The SMILES string of the molecule is Cc1cc(C)nc(NC(=O)CNC2CC2)n1. The normalized spacial score (nSPS) is 14.9. The van der Waals surface area contributed by atoms with E-state index in [-0.39, 0.29) is 5.91 Å². The smallest absolute Gasteiger partial charge is 0.240 e. The number of anilines is 1. The molecule has 1 aromatic rings. The van der Waals surface area contributed by atoms with Crippen LogP contribution in [0, 0.1) is 13.8 Å². The Kier molecular flexibility index (Phi) is 3.14. The fourth-order valence-corrected chi connectivity index (χ4v) is 1.48. The first kappa shape index (κ1) is 11.0. The van der Waals surface area contributed by atoms with Crippen LogP contribution in [0.1, 0.15) is 24.2 Å². The number of hydrogen-bond acceptors (Lipinski definition) is 4. The van der Waals surface area contributed by atoms with Crippen LogP contribution in [0.5, 0.6) is 0 Å². The molecular formula is C11H16N4O. The van der Waals surface area contributed by atoms with Crippen molar-refractivity contribution in [2.75, 3.05) is 11.9 Å². The minimum absolute atomic E-state index is 0.0862. The van der Waals surface area contributed by atoms with Crippen LogP contribution in [0.4, 0.5) is 5.95 Å². The molecule has 1 aliphatic carbocycles. The van der Waals surface area contributed by atoms with Crippen LogP contribution < -0.4 is 10.6 Å². The molecule has 1 heterocycles. The highest BCUT2D eigenvalue weighted by Gasteiger charge is 2.21. The van der Waals surface area contributed by atoms with Crippen molar-refractivity contribution >= 4 is 11.9 Å². The first-order valence-electron chi connectivity index (χ1n) is 5.49. The zero-order valence-electron chi connectivity index (χ0n) is 9.58. The third-order valence-electron chi connectivity index (χ3n) is 2.36. The lowest BCUT2D eigenvalue weighted by Gasteiger charge is -2.05. The largest absolute Gasteiger partial charge is 0.306 e. The molecule has 86 valence electrons. The number of aromatic nitrogens is 2. The molecule has 0 aromatic carbocycles. The molecule has 0 atom stereocenters. The summed E-state index contributed by atoms with van der Waals surface area (Å²) in [5, 5.41) is 5.82. The third-order valence-corrected chi connectivity index (χ3v) is 2.36. The molecule has 5 heteroatoms. The van der Waals surface area contributed by atoms with Crippen molar-refractivity contribution < 1.29 is 4.79 Å². The van der Waals surface area contributed by atoms with Crippen molar-refractivity contribution in [1.29, 1.82) is 0 Å². The van der Waals surface area contributed by atoms with Gasteiger partial charge in [0.15, 0.2) is 0 Å². The molecule has 1 saturated carbocycles. The number of carbonyl (C=O) groups excluding carboxylic acids is 1. The van der Waals surface area contributed by atoms with Crippen LogP contribution in [0.15, 0.2) is 6.07 Å². The molecule has 2 N–H and O–H groups in total. The average molecular weight is 220 g/mol. The van der Waals surface area contributed by atoms with Gasteiger partial charge in [0.2, 0.25) is 11.9 Å². The Hall–Kier alpha value is -1.49. The Morgan fingerprint density at radius 1 is 1.38 bits per heavy atom. The zero-order valence-corrected chi connectivity index (χ0v) is 9.58. The van der Waals surface area contributed by atoms with Gasteiger partial charge in [-0.05, 0) is 32.8 Å². The van der Waals surface area contributed by atoms with Gasteiger partial charge in [-0.3, -0.25) is 10.1 Å². The van der Waals surface area contributed by atoms with Crippen molar-refractivity contribution in [1.82, 2.24) is 15.3 Å². The quantitative estimate of drug-likeness (QED) is 0.787. The van der Waals surface area contributed by atoms with Gasteiger partial charge >= 0.3 is 0 Å². The van der Waals surface area contributed by atoms with Crippen LogP contribution in [0.3, 0.4) is 0 Å². The van der Waals surface area contributed by atoms with Crippen molar-refractivity contribution in [3.8, 4) is 0 Å². The maximum Gasteiger partial charge on any atom is 0.240 e. The summed E-state index contributed by atoms with van der Waals surface area (Å²) in [7, 11) is 0. The molecule has 1 amide bonds. The Morgan fingerprint density at radius 2 is 2.00 bits per heavy atom. The monoisotopic (exact) mass is 220 g/mol. The second-order valence-electron chi connectivity index (χ2n) is 4.18. The first-order chi connectivity index (χ1) is 7.63. The van der Waals surface area contributed by atoms with Crippen molar-refractivity contribution in [2.45, 2.75) is 32.7 Å². The highest BCUT2D eigenvalue weighted by Crippen LogP contribution is 2.18. The molecule has 1 aromatic heterocycles. The molecule has 1 aliphatic rings. The lowest BCUT2D eigenvalue weighted by molar-refractivity contribution is -0.115. The fraction of sp³-hybridized carbons (Fsp3) is 0.545. The van der Waals surface area contributed by atoms with E-state index in [1.807, 2.05) is 19.9 Å². The minimum Gasteiger partial charge on any atom is -0.306 e.